The molecule has 106 valence electrons. The minimum atomic E-state index is -0.453. The molecule has 0 bridgehead atoms. The highest BCUT2D eigenvalue weighted by Crippen LogP contribution is 2.15. The van der Waals surface area contributed by atoms with Crippen LogP contribution in [0.2, 0.25) is 0 Å². The van der Waals surface area contributed by atoms with Gasteiger partial charge in [-0.05, 0) is 31.5 Å². The summed E-state index contributed by atoms with van der Waals surface area (Å²) in [6.45, 7) is 0.904. The number of aliphatic hydroxyl groups is 1. The SMILES string of the molecule is O=C(CN1CCCC1CO)n1nc2ccccn2c1=O. The zero-order valence-electron chi connectivity index (χ0n) is 11.0. The van der Waals surface area contributed by atoms with Crippen LogP contribution in [0.4, 0.5) is 0 Å². The number of carbonyl (C=O) groups excluding carboxylic acids is 1. The second kappa shape index (κ2) is 5.18. The quantitative estimate of drug-likeness (QED) is 0.824. The Bertz CT molecular complexity index is 690. The maximum atomic E-state index is 12.2. The summed E-state index contributed by atoms with van der Waals surface area (Å²) in [6.07, 6.45) is 3.42. The Morgan fingerprint density at radius 3 is 3.05 bits per heavy atom. The van der Waals surface area contributed by atoms with Crippen LogP contribution in [0, 0.1) is 0 Å². The molecule has 0 radical (unpaired) electrons. The monoisotopic (exact) mass is 276 g/mol. The van der Waals surface area contributed by atoms with Crippen molar-refractivity contribution in [2.24, 2.45) is 0 Å². The van der Waals surface area contributed by atoms with Gasteiger partial charge in [-0.25, -0.2) is 9.20 Å². The Hall–Kier alpha value is -1.99. The Kier molecular flexibility index (Phi) is 3.37. The second-order valence-electron chi connectivity index (χ2n) is 4.97. The van der Waals surface area contributed by atoms with Crippen LogP contribution < -0.4 is 5.69 Å². The molecule has 3 rings (SSSR count). The first-order valence-corrected chi connectivity index (χ1v) is 6.65. The topological polar surface area (TPSA) is 79.8 Å². The van der Waals surface area contributed by atoms with Crippen molar-refractivity contribution in [3.05, 3.63) is 34.9 Å². The molecule has 1 aliphatic heterocycles. The highest BCUT2D eigenvalue weighted by atomic mass is 16.3. The Morgan fingerprint density at radius 1 is 1.45 bits per heavy atom. The number of pyridine rings is 1. The number of hydrogen-bond donors (Lipinski definition) is 1. The summed E-state index contributed by atoms with van der Waals surface area (Å²) in [5.41, 5.74) is -0.00340. The lowest BCUT2D eigenvalue weighted by Gasteiger charge is -2.20. The molecule has 0 spiro atoms. The molecule has 0 aromatic carbocycles. The molecule has 3 heterocycles. The van der Waals surface area contributed by atoms with E-state index in [9.17, 15) is 14.7 Å². The van der Waals surface area contributed by atoms with Crippen molar-refractivity contribution in [1.29, 1.82) is 0 Å². The van der Waals surface area contributed by atoms with Crippen molar-refractivity contribution in [3.63, 3.8) is 0 Å². The van der Waals surface area contributed by atoms with Gasteiger partial charge in [0.05, 0.1) is 13.2 Å². The van der Waals surface area contributed by atoms with Crippen molar-refractivity contribution in [3.8, 4) is 0 Å². The predicted molar refractivity (Wildman–Crippen MR) is 71.8 cm³/mol. The zero-order chi connectivity index (χ0) is 14.1. The van der Waals surface area contributed by atoms with Gasteiger partial charge in [0.15, 0.2) is 5.65 Å². The van der Waals surface area contributed by atoms with Gasteiger partial charge >= 0.3 is 5.69 Å². The zero-order valence-corrected chi connectivity index (χ0v) is 11.0. The van der Waals surface area contributed by atoms with Gasteiger partial charge in [0.1, 0.15) is 0 Å². The summed E-state index contributed by atoms with van der Waals surface area (Å²) in [4.78, 5) is 26.2. The molecule has 1 aliphatic rings. The van der Waals surface area contributed by atoms with Crippen LogP contribution >= 0.6 is 0 Å². The molecule has 7 nitrogen and oxygen atoms in total. The molecule has 20 heavy (non-hydrogen) atoms. The van der Waals surface area contributed by atoms with Gasteiger partial charge in [-0.2, -0.15) is 0 Å². The number of carbonyl (C=O) groups is 1. The molecular formula is C13H16N4O3. The average Bonchev–Trinajstić information content (AvgIpc) is 3.04. The molecule has 1 saturated heterocycles. The van der Waals surface area contributed by atoms with Crippen LogP contribution in [-0.2, 0) is 0 Å². The van der Waals surface area contributed by atoms with E-state index in [4.69, 9.17) is 0 Å². The summed E-state index contributed by atoms with van der Waals surface area (Å²) < 4.78 is 2.24. The lowest BCUT2D eigenvalue weighted by Crippen LogP contribution is -2.41. The third kappa shape index (κ3) is 2.14. The Balaban J connectivity index is 1.86. The summed E-state index contributed by atoms with van der Waals surface area (Å²) >= 11 is 0. The molecule has 1 atom stereocenters. The summed E-state index contributed by atoms with van der Waals surface area (Å²) in [6, 6.07) is 5.16. The van der Waals surface area contributed by atoms with E-state index in [1.54, 1.807) is 24.4 Å². The fraction of sp³-hybridized carbons (Fsp3) is 0.462. The lowest BCUT2D eigenvalue weighted by molar-refractivity contribution is 0.0786. The van der Waals surface area contributed by atoms with E-state index in [-0.39, 0.29) is 25.1 Å². The first kappa shape index (κ1) is 13.0. The molecule has 0 saturated carbocycles. The van der Waals surface area contributed by atoms with Crippen molar-refractivity contribution in [2.75, 3.05) is 19.7 Å². The standard InChI is InChI=1S/C13H16N4O3/c18-9-10-4-3-6-15(10)8-12(19)17-13(20)16-7-2-1-5-11(16)14-17/h1-2,5,7,10,18H,3-4,6,8-9H2. The number of rotatable bonds is 3. The van der Waals surface area contributed by atoms with Crippen LogP contribution in [0.25, 0.3) is 5.65 Å². The maximum Gasteiger partial charge on any atom is 0.357 e. The van der Waals surface area contributed by atoms with E-state index in [1.807, 2.05) is 4.90 Å². The Morgan fingerprint density at radius 2 is 2.30 bits per heavy atom. The molecular weight excluding hydrogens is 260 g/mol. The van der Waals surface area contributed by atoms with Crippen LogP contribution in [0.3, 0.4) is 0 Å². The number of aromatic nitrogens is 3. The van der Waals surface area contributed by atoms with Gasteiger partial charge in [-0.15, -0.1) is 9.78 Å². The lowest BCUT2D eigenvalue weighted by atomic mass is 10.2. The van der Waals surface area contributed by atoms with E-state index in [0.29, 0.717) is 5.65 Å². The molecule has 0 amide bonds. The first-order valence-electron chi connectivity index (χ1n) is 6.65. The van der Waals surface area contributed by atoms with Crippen molar-refractivity contribution in [2.45, 2.75) is 18.9 Å². The smallest absolute Gasteiger partial charge is 0.357 e. The van der Waals surface area contributed by atoms with E-state index in [2.05, 4.69) is 5.10 Å². The fourth-order valence-electron chi connectivity index (χ4n) is 2.64. The Labute approximate surface area is 115 Å². The maximum absolute atomic E-state index is 12.2. The largest absolute Gasteiger partial charge is 0.395 e. The highest BCUT2D eigenvalue weighted by molar-refractivity contribution is 5.80. The van der Waals surface area contributed by atoms with E-state index in [0.717, 1.165) is 24.1 Å². The molecule has 2 aromatic heterocycles. The average molecular weight is 276 g/mol. The van der Waals surface area contributed by atoms with Crippen molar-refractivity contribution in [1.82, 2.24) is 19.1 Å². The van der Waals surface area contributed by atoms with Crippen LogP contribution in [0.5, 0.6) is 0 Å². The molecule has 7 heteroatoms. The van der Waals surface area contributed by atoms with Gasteiger partial charge in [-0.1, -0.05) is 6.07 Å². The van der Waals surface area contributed by atoms with E-state index in [1.165, 1.54) is 4.40 Å². The van der Waals surface area contributed by atoms with Gasteiger partial charge in [0.25, 0.3) is 5.91 Å². The molecule has 1 N–H and O–H groups in total. The number of likely N-dealkylation sites (tertiary alicyclic amines) is 1. The fourth-order valence-corrected chi connectivity index (χ4v) is 2.64. The van der Waals surface area contributed by atoms with E-state index >= 15 is 0 Å². The minimum Gasteiger partial charge on any atom is -0.395 e. The van der Waals surface area contributed by atoms with Gasteiger partial charge < -0.3 is 5.11 Å². The number of hydrogen-bond acceptors (Lipinski definition) is 5. The third-order valence-corrected chi connectivity index (χ3v) is 3.71. The predicted octanol–water partition coefficient (Wildman–Crippen LogP) is -0.407. The number of aliphatic hydroxyl groups excluding tert-OH is 1. The highest BCUT2D eigenvalue weighted by Gasteiger charge is 2.27. The minimum absolute atomic E-state index is 0.00619. The number of fused-ring (bicyclic) bond motifs is 1. The summed E-state index contributed by atoms with van der Waals surface area (Å²) in [5.74, 6) is -0.362. The first-order chi connectivity index (χ1) is 9.70. The van der Waals surface area contributed by atoms with Gasteiger partial charge in [-0.3, -0.25) is 9.69 Å². The molecule has 2 aromatic rings. The van der Waals surface area contributed by atoms with Crippen LogP contribution in [0.15, 0.2) is 29.2 Å². The normalized spacial score (nSPS) is 19.8. The van der Waals surface area contributed by atoms with Crippen LogP contribution in [0.1, 0.15) is 17.6 Å². The van der Waals surface area contributed by atoms with E-state index < -0.39 is 5.69 Å². The van der Waals surface area contributed by atoms with Gasteiger partial charge in [0, 0.05) is 12.2 Å². The second-order valence-corrected chi connectivity index (χ2v) is 4.97. The molecule has 0 aliphatic carbocycles. The summed E-state index contributed by atoms with van der Waals surface area (Å²) in [7, 11) is 0. The van der Waals surface area contributed by atoms with Crippen molar-refractivity contribution < 1.29 is 9.90 Å². The molecule has 1 fully saturated rings. The molecule has 1 unspecified atom stereocenters. The number of nitrogens with zero attached hydrogens (tertiary/aromatic N) is 4. The van der Waals surface area contributed by atoms with Crippen LogP contribution in [-0.4, -0.2) is 55.8 Å². The summed E-state index contributed by atoms with van der Waals surface area (Å²) in [5, 5.41) is 13.3. The van der Waals surface area contributed by atoms with Crippen molar-refractivity contribution >= 4 is 11.6 Å². The van der Waals surface area contributed by atoms with Gasteiger partial charge in [0.2, 0.25) is 0 Å². The third-order valence-electron chi connectivity index (χ3n) is 3.71.